The third-order valence-corrected chi connectivity index (χ3v) is 3.22. The molecule has 1 aromatic carbocycles. The van der Waals surface area contributed by atoms with Gasteiger partial charge in [0, 0.05) is 6.54 Å². The van der Waals surface area contributed by atoms with Gasteiger partial charge in [-0.1, -0.05) is 49.4 Å². The van der Waals surface area contributed by atoms with E-state index >= 15 is 0 Å². The summed E-state index contributed by atoms with van der Waals surface area (Å²) in [7, 11) is 0. The average molecular weight is 259 g/mol. The Morgan fingerprint density at radius 2 is 1.95 bits per heavy atom. The molecule has 0 atom stereocenters. The smallest absolute Gasteiger partial charge is 0.112 e. The van der Waals surface area contributed by atoms with Crippen molar-refractivity contribution in [2.24, 2.45) is 0 Å². The van der Waals surface area contributed by atoms with Crippen molar-refractivity contribution in [3.63, 3.8) is 0 Å². The molecule has 4 nitrogen and oxygen atoms in total. The van der Waals surface area contributed by atoms with Gasteiger partial charge in [0.1, 0.15) is 5.69 Å². The van der Waals surface area contributed by atoms with Crippen molar-refractivity contribution < 1.29 is 5.11 Å². The van der Waals surface area contributed by atoms with Crippen molar-refractivity contribution in [3.8, 4) is 0 Å². The molecule has 0 spiro atoms. The van der Waals surface area contributed by atoms with Crippen molar-refractivity contribution in [1.29, 1.82) is 0 Å². The van der Waals surface area contributed by atoms with Crippen LogP contribution >= 0.6 is 0 Å². The Kier molecular flexibility index (Phi) is 4.68. The molecule has 2 rings (SSSR count). The molecule has 0 aliphatic heterocycles. The van der Waals surface area contributed by atoms with Crippen LogP contribution in [0.3, 0.4) is 0 Å². The van der Waals surface area contributed by atoms with E-state index in [0.717, 1.165) is 25.1 Å². The molecule has 0 saturated carbocycles. The van der Waals surface area contributed by atoms with Crippen LogP contribution in [0.5, 0.6) is 0 Å². The maximum Gasteiger partial charge on any atom is 0.112 e. The summed E-state index contributed by atoms with van der Waals surface area (Å²) in [6, 6.07) is 10.4. The molecule has 1 aromatic heterocycles. The average Bonchev–Trinajstić information content (AvgIpc) is 2.83. The molecule has 0 fully saturated rings. The number of hydrogen-bond acceptors (Lipinski definition) is 3. The molecule has 0 amide bonds. The lowest BCUT2D eigenvalue weighted by Crippen LogP contribution is -2.08. The summed E-state index contributed by atoms with van der Waals surface area (Å²) >= 11 is 0. The van der Waals surface area contributed by atoms with Crippen LogP contribution in [-0.2, 0) is 19.6 Å². The molecular weight excluding hydrogens is 238 g/mol. The molecule has 4 heteroatoms. The van der Waals surface area contributed by atoms with Gasteiger partial charge in [0.2, 0.25) is 0 Å². The summed E-state index contributed by atoms with van der Waals surface area (Å²) < 4.78 is 1.93. The molecule has 0 bridgehead atoms. The number of benzene rings is 1. The first-order valence-corrected chi connectivity index (χ1v) is 6.79. The van der Waals surface area contributed by atoms with Crippen LogP contribution in [-0.4, -0.2) is 20.1 Å². The monoisotopic (exact) mass is 259 g/mol. The SMILES string of the molecule is CC(C)c1c(CO)nnn1CCCc1ccccc1. The number of aliphatic hydroxyl groups excluding tert-OH is 1. The maximum atomic E-state index is 9.27. The second-order valence-electron chi connectivity index (χ2n) is 5.05. The van der Waals surface area contributed by atoms with E-state index in [1.54, 1.807) is 0 Å². The molecule has 0 radical (unpaired) electrons. The van der Waals surface area contributed by atoms with Gasteiger partial charge in [-0.05, 0) is 24.3 Å². The molecule has 1 N–H and O–H groups in total. The Bertz CT molecular complexity index is 505. The molecule has 0 unspecified atom stereocenters. The number of aryl methyl sites for hydroxylation is 2. The van der Waals surface area contributed by atoms with Gasteiger partial charge in [-0.15, -0.1) is 5.10 Å². The Hall–Kier alpha value is -1.68. The summed E-state index contributed by atoms with van der Waals surface area (Å²) in [6.07, 6.45) is 2.06. The number of hydrogen-bond donors (Lipinski definition) is 1. The van der Waals surface area contributed by atoms with E-state index in [1.807, 2.05) is 10.7 Å². The van der Waals surface area contributed by atoms with Crippen LogP contribution in [0.1, 0.15) is 43.1 Å². The fourth-order valence-corrected chi connectivity index (χ4v) is 2.34. The van der Waals surface area contributed by atoms with Gasteiger partial charge in [-0.25, -0.2) is 4.68 Å². The quantitative estimate of drug-likeness (QED) is 0.867. The van der Waals surface area contributed by atoms with Crippen molar-refractivity contribution in [3.05, 3.63) is 47.3 Å². The zero-order chi connectivity index (χ0) is 13.7. The summed E-state index contributed by atoms with van der Waals surface area (Å²) in [5.41, 5.74) is 3.10. The minimum atomic E-state index is -0.0355. The lowest BCUT2D eigenvalue weighted by Gasteiger charge is -2.10. The highest BCUT2D eigenvalue weighted by Gasteiger charge is 2.14. The first kappa shape index (κ1) is 13.7. The Morgan fingerprint density at radius 3 is 2.58 bits per heavy atom. The first-order valence-electron chi connectivity index (χ1n) is 6.79. The van der Waals surface area contributed by atoms with Crippen molar-refractivity contribution in [1.82, 2.24) is 15.0 Å². The van der Waals surface area contributed by atoms with E-state index < -0.39 is 0 Å². The summed E-state index contributed by atoms with van der Waals surface area (Å²) in [5, 5.41) is 17.5. The van der Waals surface area contributed by atoms with Gasteiger partial charge in [0.25, 0.3) is 0 Å². The number of aromatic nitrogens is 3. The third-order valence-electron chi connectivity index (χ3n) is 3.22. The molecule has 0 aliphatic carbocycles. The van der Waals surface area contributed by atoms with Gasteiger partial charge in [0.05, 0.1) is 12.3 Å². The van der Waals surface area contributed by atoms with E-state index in [4.69, 9.17) is 0 Å². The Morgan fingerprint density at radius 1 is 1.21 bits per heavy atom. The topological polar surface area (TPSA) is 50.9 Å². The number of aliphatic hydroxyl groups is 1. The fraction of sp³-hybridized carbons (Fsp3) is 0.467. The summed E-state index contributed by atoms with van der Waals surface area (Å²) in [6.45, 7) is 5.01. The van der Waals surface area contributed by atoms with Crippen molar-refractivity contribution >= 4 is 0 Å². The van der Waals surface area contributed by atoms with Crippen LogP contribution in [0.4, 0.5) is 0 Å². The van der Waals surface area contributed by atoms with E-state index in [-0.39, 0.29) is 6.61 Å². The number of nitrogens with zero attached hydrogens (tertiary/aromatic N) is 3. The number of rotatable bonds is 6. The van der Waals surface area contributed by atoms with E-state index in [0.29, 0.717) is 11.6 Å². The summed E-state index contributed by atoms with van der Waals surface area (Å²) in [5.74, 6) is 0.328. The summed E-state index contributed by atoms with van der Waals surface area (Å²) in [4.78, 5) is 0. The molecular formula is C15H21N3O. The third kappa shape index (κ3) is 3.41. The van der Waals surface area contributed by atoms with Gasteiger partial charge in [-0.3, -0.25) is 0 Å². The lowest BCUT2D eigenvalue weighted by molar-refractivity contribution is 0.275. The molecule has 0 aliphatic rings. The van der Waals surface area contributed by atoms with Gasteiger partial charge in [-0.2, -0.15) is 0 Å². The van der Waals surface area contributed by atoms with Crippen LogP contribution < -0.4 is 0 Å². The molecule has 102 valence electrons. The normalized spacial score (nSPS) is 11.2. The Balaban J connectivity index is 1.98. The van der Waals surface area contributed by atoms with Crippen LogP contribution in [0, 0.1) is 0 Å². The highest BCUT2D eigenvalue weighted by Crippen LogP contribution is 2.18. The zero-order valence-corrected chi connectivity index (χ0v) is 11.6. The predicted octanol–water partition coefficient (Wildman–Crippen LogP) is 2.53. The Labute approximate surface area is 114 Å². The standard InChI is InChI=1S/C15H21N3O/c1-12(2)15-14(11-19)16-17-18(15)10-6-9-13-7-4-3-5-8-13/h3-5,7-8,12,19H,6,9-11H2,1-2H3. The molecule has 19 heavy (non-hydrogen) atoms. The highest BCUT2D eigenvalue weighted by atomic mass is 16.3. The zero-order valence-electron chi connectivity index (χ0n) is 11.6. The maximum absolute atomic E-state index is 9.27. The van der Waals surface area contributed by atoms with Crippen LogP contribution in [0.25, 0.3) is 0 Å². The van der Waals surface area contributed by atoms with Gasteiger partial charge < -0.3 is 5.11 Å². The van der Waals surface area contributed by atoms with E-state index in [2.05, 4.69) is 48.4 Å². The van der Waals surface area contributed by atoms with Gasteiger partial charge in [0.15, 0.2) is 0 Å². The first-order chi connectivity index (χ1) is 9.22. The van der Waals surface area contributed by atoms with Crippen molar-refractivity contribution in [2.75, 3.05) is 0 Å². The van der Waals surface area contributed by atoms with Crippen LogP contribution in [0.2, 0.25) is 0 Å². The van der Waals surface area contributed by atoms with E-state index in [1.165, 1.54) is 5.56 Å². The van der Waals surface area contributed by atoms with Gasteiger partial charge >= 0.3 is 0 Å². The minimum absolute atomic E-state index is 0.0355. The second-order valence-corrected chi connectivity index (χ2v) is 5.05. The molecule has 0 saturated heterocycles. The molecule has 2 aromatic rings. The molecule has 1 heterocycles. The predicted molar refractivity (Wildman–Crippen MR) is 74.8 cm³/mol. The second kappa shape index (κ2) is 6.48. The largest absolute Gasteiger partial charge is 0.390 e. The minimum Gasteiger partial charge on any atom is -0.390 e. The van der Waals surface area contributed by atoms with E-state index in [9.17, 15) is 5.11 Å². The van der Waals surface area contributed by atoms with Crippen molar-refractivity contribution in [2.45, 2.75) is 45.8 Å². The lowest BCUT2D eigenvalue weighted by atomic mass is 10.1. The fourth-order valence-electron chi connectivity index (χ4n) is 2.34. The highest BCUT2D eigenvalue weighted by molar-refractivity contribution is 5.15. The van der Waals surface area contributed by atoms with Crippen LogP contribution in [0.15, 0.2) is 30.3 Å².